The number of likely N-dealkylation sites (tertiary alicyclic amines) is 1. The summed E-state index contributed by atoms with van der Waals surface area (Å²) in [4.78, 5) is 1.79. The minimum atomic E-state index is -0.265. The fraction of sp³-hybridized carbons (Fsp3) is 0.900. The van der Waals surface area contributed by atoms with Crippen LogP contribution in [0.5, 0.6) is 0 Å². The van der Waals surface area contributed by atoms with Gasteiger partial charge in [0, 0.05) is 6.54 Å². The molecule has 0 aromatic heterocycles. The summed E-state index contributed by atoms with van der Waals surface area (Å²) in [5.74, 6) is 0.567. The average Bonchev–Trinajstić information content (AvgIpc) is 2.17. The molecule has 0 radical (unpaired) electrons. The smallest absolute Gasteiger partial charge is 0.179 e. The molecule has 0 spiro atoms. The predicted molar refractivity (Wildman–Crippen MR) is 48.7 cm³/mol. The van der Waals surface area contributed by atoms with Gasteiger partial charge < -0.3 is 10.0 Å². The maximum absolute atomic E-state index is 9.81. The first-order valence-corrected chi connectivity index (χ1v) is 5.17. The first kappa shape index (κ1) is 8.83. The van der Waals surface area contributed by atoms with Crippen LogP contribution in [0.3, 0.4) is 0 Å². The molecule has 0 aromatic rings. The second-order valence-corrected chi connectivity index (χ2v) is 4.18. The number of aliphatic hydroxyl groups is 1. The van der Waals surface area contributed by atoms with E-state index in [2.05, 4.69) is 6.19 Å². The molecule has 0 amide bonds. The maximum Gasteiger partial charge on any atom is 0.179 e. The van der Waals surface area contributed by atoms with Crippen molar-refractivity contribution in [3.63, 3.8) is 0 Å². The number of piperidine rings is 1. The molecule has 2 fully saturated rings. The van der Waals surface area contributed by atoms with Crippen LogP contribution in [-0.4, -0.2) is 28.7 Å². The van der Waals surface area contributed by atoms with Crippen molar-refractivity contribution in [2.75, 3.05) is 6.54 Å². The Bertz CT molecular complexity index is 221. The fourth-order valence-corrected chi connectivity index (χ4v) is 2.81. The third-order valence-electron chi connectivity index (χ3n) is 3.41. The van der Waals surface area contributed by atoms with Gasteiger partial charge in [0.1, 0.15) is 0 Å². The lowest BCUT2D eigenvalue weighted by atomic mass is 9.77. The Balaban J connectivity index is 2.12. The molecule has 3 nitrogen and oxygen atoms in total. The van der Waals surface area contributed by atoms with E-state index in [1.807, 2.05) is 0 Å². The van der Waals surface area contributed by atoms with E-state index in [0.717, 1.165) is 25.8 Å². The molecule has 1 unspecified atom stereocenters. The van der Waals surface area contributed by atoms with Gasteiger partial charge in [-0.2, -0.15) is 5.26 Å². The van der Waals surface area contributed by atoms with Crippen molar-refractivity contribution in [3.8, 4) is 6.19 Å². The van der Waals surface area contributed by atoms with Gasteiger partial charge in [-0.15, -0.1) is 0 Å². The van der Waals surface area contributed by atoms with E-state index in [1.165, 1.54) is 12.8 Å². The average molecular weight is 180 g/mol. The molecule has 1 aliphatic carbocycles. The van der Waals surface area contributed by atoms with Crippen molar-refractivity contribution in [2.24, 2.45) is 5.92 Å². The van der Waals surface area contributed by atoms with Crippen molar-refractivity contribution in [3.05, 3.63) is 0 Å². The molecule has 1 saturated carbocycles. The molecule has 1 aliphatic heterocycles. The van der Waals surface area contributed by atoms with Gasteiger partial charge in [0.2, 0.25) is 0 Å². The Morgan fingerprint density at radius 1 is 1.23 bits per heavy atom. The molecule has 3 atom stereocenters. The third-order valence-corrected chi connectivity index (χ3v) is 3.41. The van der Waals surface area contributed by atoms with Crippen LogP contribution < -0.4 is 0 Å². The summed E-state index contributed by atoms with van der Waals surface area (Å²) in [5.41, 5.74) is 0. The highest BCUT2D eigenvalue weighted by Crippen LogP contribution is 2.34. The van der Waals surface area contributed by atoms with Crippen LogP contribution >= 0.6 is 0 Å². The van der Waals surface area contributed by atoms with Crippen molar-refractivity contribution >= 4 is 0 Å². The molecule has 0 bridgehead atoms. The van der Waals surface area contributed by atoms with Crippen molar-refractivity contribution in [1.82, 2.24) is 4.90 Å². The molecular formula is C10H16N2O. The lowest BCUT2D eigenvalue weighted by molar-refractivity contribution is -0.0107. The molecule has 1 heterocycles. The normalized spacial score (nSPS) is 39.4. The highest BCUT2D eigenvalue weighted by atomic mass is 16.3. The molecule has 0 aromatic carbocycles. The number of hydrogen-bond donors (Lipinski definition) is 1. The first-order valence-electron chi connectivity index (χ1n) is 5.17. The Morgan fingerprint density at radius 3 is 2.77 bits per heavy atom. The lowest BCUT2D eigenvalue weighted by Gasteiger charge is -2.43. The van der Waals surface area contributed by atoms with Gasteiger partial charge in [-0.25, -0.2) is 0 Å². The second-order valence-electron chi connectivity index (χ2n) is 4.18. The molecule has 3 heteroatoms. The molecule has 13 heavy (non-hydrogen) atoms. The van der Waals surface area contributed by atoms with E-state index in [0.29, 0.717) is 5.92 Å². The van der Waals surface area contributed by atoms with Crippen molar-refractivity contribution in [1.29, 1.82) is 5.26 Å². The summed E-state index contributed by atoms with van der Waals surface area (Å²) >= 11 is 0. The standard InChI is InChI=1S/C10H16N2O/c11-7-12-6-2-4-8-3-1-5-9(13)10(8)12/h8-10,13H,1-6H2/t8-,9?,10-/m1/s1. The number of aliphatic hydroxyl groups excluding tert-OH is 1. The lowest BCUT2D eigenvalue weighted by Crippen LogP contribution is -2.51. The van der Waals surface area contributed by atoms with Gasteiger partial charge in [0.05, 0.1) is 12.1 Å². The van der Waals surface area contributed by atoms with Crippen LogP contribution in [0, 0.1) is 17.4 Å². The zero-order chi connectivity index (χ0) is 9.26. The van der Waals surface area contributed by atoms with E-state index >= 15 is 0 Å². The zero-order valence-electron chi connectivity index (χ0n) is 7.82. The van der Waals surface area contributed by atoms with Crippen LogP contribution in [0.1, 0.15) is 32.1 Å². The van der Waals surface area contributed by atoms with Gasteiger partial charge in [-0.05, 0) is 31.6 Å². The quantitative estimate of drug-likeness (QED) is 0.568. The van der Waals surface area contributed by atoms with Gasteiger partial charge in [0.15, 0.2) is 6.19 Å². The number of hydrogen-bond acceptors (Lipinski definition) is 3. The van der Waals surface area contributed by atoms with Crippen LogP contribution in [0.2, 0.25) is 0 Å². The van der Waals surface area contributed by atoms with Gasteiger partial charge >= 0.3 is 0 Å². The van der Waals surface area contributed by atoms with Crippen LogP contribution in [0.25, 0.3) is 0 Å². The van der Waals surface area contributed by atoms with Crippen molar-refractivity contribution in [2.45, 2.75) is 44.2 Å². The van der Waals surface area contributed by atoms with Crippen molar-refractivity contribution < 1.29 is 5.11 Å². The summed E-state index contributed by atoms with van der Waals surface area (Å²) in [6, 6.07) is 0.132. The minimum absolute atomic E-state index is 0.132. The van der Waals surface area contributed by atoms with E-state index in [9.17, 15) is 5.11 Å². The molecule has 72 valence electrons. The highest BCUT2D eigenvalue weighted by molar-refractivity contribution is 4.96. The molecular weight excluding hydrogens is 164 g/mol. The summed E-state index contributed by atoms with van der Waals surface area (Å²) < 4.78 is 0. The Kier molecular flexibility index (Phi) is 2.41. The number of nitrogens with zero attached hydrogens (tertiary/aromatic N) is 2. The molecule has 2 rings (SSSR count). The molecule has 1 N–H and O–H groups in total. The highest BCUT2D eigenvalue weighted by Gasteiger charge is 2.38. The third kappa shape index (κ3) is 1.51. The van der Waals surface area contributed by atoms with Gasteiger partial charge in [-0.3, -0.25) is 0 Å². The van der Waals surface area contributed by atoms with Gasteiger partial charge in [-0.1, -0.05) is 6.42 Å². The molecule has 2 aliphatic rings. The zero-order valence-corrected chi connectivity index (χ0v) is 7.82. The molecule has 1 saturated heterocycles. The van der Waals surface area contributed by atoms with E-state index in [1.54, 1.807) is 4.90 Å². The van der Waals surface area contributed by atoms with Crippen LogP contribution in [0.4, 0.5) is 0 Å². The summed E-state index contributed by atoms with van der Waals surface area (Å²) in [6.07, 6.45) is 7.44. The minimum Gasteiger partial charge on any atom is -0.391 e. The van der Waals surface area contributed by atoms with E-state index < -0.39 is 0 Å². The predicted octanol–water partition coefficient (Wildman–Crippen LogP) is 1.09. The summed E-state index contributed by atoms with van der Waals surface area (Å²) in [7, 11) is 0. The Morgan fingerprint density at radius 2 is 2.00 bits per heavy atom. The van der Waals surface area contributed by atoms with Crippen LogP contribution in [-0.2, 0) is 0 Å². The first-order chi connectivity index (χ1) is 6.33. The topological polar surface area (TPSA) is 47.3 Å². The number of rotatable bonds is 0. The Labute approximate surface area is 79.0 Å². The summed E-state index contributed by atoms with van der Waals surface area (Å²) in [5, 5.41) is 18.7. The van der Waals surface area contributed by atoms with E-state index in [-0.39, 0.29) is 12.1 Å². The SMILES string of the molecule is N#CN1CCC[C@H]2CCCC(O)[C@@H]21. The summed E-state index contributed by atoms with van der Waals surface area (Å²) in [6.45, 7) is 0.842. The fourth-order valence-electron chi connectivity index (χ4n) is 2.81. The van der Waals surface area contributed by atoms with E-state index in [4.69, 9.17) is 5.26 Å². The maximum atomic E-state index is 9.81. The monoisotopic (exact) mass is 180 g/mol. The largest absolute Gasteiger partial charge is 0.391 e. The number of nitriles is 1. The second kappa shape index (κ2) is 3.55. The van der Waals surface area contributed by atoms with Gasteiger partial charge in [0.25, 0.3) is 0 Å². The number of fused-ring (bicyclic) bond motifs is 1. The Hall–Kier alpha value is -0.750. The van der Waals surface area contributed by atoms with Crippen LogP contribution in [0.15, 0.2) is 0 Å².